The highest BCUT2D eigenvalue weighted by Crippen LogP contribution is 2.18. The van der Waals surface area contributed by atoms with Gasteiger partial charge in [0.05, 0.1) is 12.6 Å². The number of amides is 1. The van der Waals surface area contributed by atoms with Gasteiger partial charge in [0.15, 0.2) is 0 Å². The molecule has 1 atom stereocenters. The zero-order valence-corrected chi connectivity index (χ0v) is 9.07. The van der Waals surface area contributed by atoms with Gasteiger partial charge in [-0.2, -0.15) is 0 Å². The van der Waals surface area contributed by atoms with E-state index >= 15 is 0 Å². The Labute approximate surface area is 93.4 Å². The Balaban J connectivity index is 2.46. The molecule has 0 aliphatic heterocycles. The van der Waals surface area contributed by atoms with E-state index in [1.165, 1.54) is 12.1 Å². The smallest absolute Gasteiger partial charge is 0.234 e. The molecule has 1 aromatic carbocycles. The van der Waals surface area contributed by atoms with Crippen LogP contribution in [0.1, 0.15) is 12.0 Å². The number of ether oxygens (including phenoxy) is 1. The minimum Gasteiger partial charge on any atom is -0.493 e. The van der Waals surface area contributed by atoms with Crippen LogP contribution in [0.3, 0.4) is 0 Å². The van der Waals surface area contributed by atoms with Crippen molar-refractivity contribution in [2.75, 3.05) is 6.61 Å². The Kier molecular flexibility index (Phi) is 4.25. The van der Waals surface area contributed by atoms with Crippen molar-refractivity contribution in [3.63, 3.8) is 0 Å². The molecule has 4 nitrogen and oxygen atoms in total. The van der Waals surface area contributed by atoms with Gasteiger partial charge in [-0.3, -0.25) is 4.79 Å². The molecule has 1 rings (SSSR count). The van der Waals surface area contributed by atoms with Crippen LogP contribution in [0.4, 0.5) is 4.39 Å². The van der Waals surface area contributed by atoms with Gasteiger partial charge in [0.2, 0.25) is 5.91 Å². The first-order valence-corrected chi connectivity index (χ1v) is 4.94. The van der Waals surface area contributed by atoms with E-state index in [1.807, 2.05) is 0 Å². The Morgan fingerprint density at radius 2 is 2.25 bits per heavy atom. The van der Waals surface area contributed by atoms with Crippen LogP contribution < -0.4 is 16.2 Å². The average Bonchev–Trinajstić information content (AvgIpc) is 2.20. The van der Waals surface area contributed by atoms with Crippen molar-refractivity contribution < 1.29 is 13.9 Å². The molecule has 0 unspecified atom stereocenters. The third-order valence-electron chi connectivity index (χ3n) is 2.19. The number of rotatable bonds is 5. The fourth-order valence-corrected chi connectivity index (χ4v) is 1.21. The van der Waals surface area contributed by atoms with E-state index in [2.05, 4.69) is 0 Å². The van der Waals surface area contributed by atoms with E-state index < -0.39 is 11.9 Å². The Bertz CT molecular complexity index is 382. The number of aryl methyl sites for hydroxylation is 1. The highest BCUT2D eigenvalue weighted by Gasteiger charge is 2.09. The second kappa shape index (κ2) is 5.46. The van der Waals surface area contributed by atoms with Gasteiger partial charge in [-0.15, -0.1) is 0 Å². The van der Waals surface area contributed by atoms with E-state index in [4.69, 9.17) is 16.2 Å². The molecule has 0 heterocycles. The first kappa shape index (κ1) is 12.4. The summed E-state index contributed by atoms with van der Waals surface area (Å²) in [5.74, 6) is -0.281. The van der Waals surface area contributed by atoms with Crippen LogP contribution >= 0.6 is 0 Å². The van der Waals surface area contributed by atoms with Crippen LogP contribution in [0.15, 0.2) is 18.2 Å². The fraction of sp³-hybridized carbons (Fsp3) is 0.364. The molecule has 0 saturated carbocycles. The third-order valence-corrected chi connectivity index (χ3v) is 2.19. The number of nitrogens with two attached hydrogens (primary N) is 2. The van der Waals surface area contributed by atoms with Gasteiger partial charge in [0.1, 0.15) is 11.6 Å². The van der Waals surface area contributed by atoms with Crippen molar-refractivity contribution in [1.29, 1.82) is 0 Å². The molecule has 16 heavy (non-hydrogen) atoms. The number of hydrogen-bond acceptors (Lipinski definition) is 3. The molecular weight excluding hydrogens is 211 g/mol. The summed E-state index contributed by atoms with van der Waals surface area (Å²) in [4.78, 5) is 10.6. The average molecular weight is 226 g/mol. The first-order chi connectivity index (χ1) is 7.50. The fourth-order valence-electron chi connectivity index (χ4n) is 1.21. The SMILES string of the molecule is Cc1cc(F)ccc1OCC[C@H](N)C(N)=O. The Morgan fingerprint density at radius 1 is 1.56 bits per heavy atom. The maximum Gasteiger partial charge on any atom is 0.234 e. The lowest BCUT2D eigenvalue weighted by Gasteiger charge is -2.11. The van der Waals surface area contributed by atoms with E-state index in [1.54, 1.807) is 13.0 Å². The standard InChI is InChI=1S/C11H15FN2O2/c1-7-6-8(12)2-3-10(7)16-5-4-9(13)11(14)15/h2-3,6,9H,4-5,13H2,1H3,(H2,14,15)/t9-/m0/s1. The van der Waals surface area contributed by atoms with Crippen molar-refractivity contribution in [2.24, 2.45) is 11.5 Å². The van der Waals surface area contributed by atoms with Crippen molar-refractivity contribution in [2.45, 2.75) is 19.4 Å². The van der Waals surface area contributed by atoms with Gasteiger partial charge in [0.25, 0.3) is 0 Å². The quantitative estimate of drug-likeness (QED) is 0.776. The molecule has 0 fully saturated rings. The van der Waals surface area contributed by atoms with E-state index in [0.717, 1.165) is 0 Å². The van der Waals surface area contributed by atoms with Crippen LogP contribution in [0.5, 0.6) is 5.75 Å². The van der Waals surface area contributed by atoms with Crippen molar-refractivity contribution >= 4 is 5.91 Å². The molecule has 5 heteroatoms. The van der Waals surface area contributed by atoms with Crippen LogP contribution in [0.2, 0.25) is 0 Å². The van der Waals surface area contributed by atoms with Crippen molar-refractivity contribution in [3.8, 4) is 5.75 Å². The lowest BCUT2D eigenvalue weighted by Crippen LogP contribution is -2.37. The molecule has 0 saturated heterocycles. The van der Waals surface area contributed by atoms with Gasteiger partial charge in [-0.1, -0.05) is 0 Å². The number of carbonyl (C=O) groups is 1. The first-order valence-electron chi connectivity index (χ1n) is 4.94. The summed E-state index contributed by atoms with van der Waals surface area (Å²) >= 11 is 0. The number of primary amides is 1. The van der Waals surface area contributed by atoms with Crippen LogP contribution in [0.25, 0.3) is 0 Å². The molecule has 0 radical (unpaired) electrons. The summed E-state index contributed by atoms with van der Waals surface area (Å²) in [5, 5.41) is 0. The zero-order valence-electron chi connectivity index (χ0n) is 9.07. The Hall–Kier alpha value is -1.62. The van der Waals surface area contributed by atoms with E-state index in [-0.39, 0.29) is 12.4 Å². The van der Waals surface area contributed by atoms with Gasteiger partial charge < -0.3 is 16.2 Å². The normalized spacial score (nSPS) is 12.2. The summed E-state index contributed by atoms with van der Waals surface area (Å²) in [5.41, 5.74) is 11.1. The highest BCUT2D eigenvalue weighted by molar-refractivity contribution is 5.79. The van der Waals surface area contributed by atoms with Crippen LogP contribution in [-0.2, 0) is 4.79 Å². The predicted octanol–water partition coefficient (Wildman–Crippen LogP) is 0.716. The molecule has 88 valence electrons. The number of carbonyl (C=O) groups excluding carboxylic acids is 1. The number of benzene rings is 1. The lowest BCUT2D eigenvalue weighted by molar-refractivity contribution is -0.119. The molecule has 0 aromatic heterocycles. The summed E-state index contributed by atoms with van der Waals surface area (Å²) in [6.07, 6.45) is 0.339. The number of hydrogen-bond donors (Lipinski definition) is 2. The number of halogens is 1. The molecule has 0 spiro atoms. The minimum absolute atomic E-state index is 0.274. The molecule has 1 amide bonds. The van der Waals surface area contributed by atoms with E-state index in [0.29, 0.717) is 17.7 Å². The monoisotopic (exact) mass is 226 g/mol. The minimum atomic E-state index is -0.708. The second-order valence-corrected chi connectivity index (χ2v) is 3.56. The second-order valence-electron chi connectivity index (χ2n) is 3.56. The van der Waals surface area contributed by atoms with Crippen LogP contribution in [0, 0.1) is 12.7 Å². The third kappa shape index (κ3) is 3.51. The van der Waals surface area contributed by atoms with Gasteiger partial charge in [-0.25, -0.2) is 4.39 Å². The topological polar surface area (TPSA) is 78.3 Å². The molecule has 0 aliphatic carbocycles. The van der Waals surface area contributed by atoms with Gasteiger partial charge >= 0.3 is 0 Å². The van der Waals surface area contributed by atoms with Gasteiger partial charge in [-0.05, 0) is 30.7 Å². The molecule has 0 bridgehead atoms. The Morgan fingerprint density at radius 3 is 2.81 bits per heavy atom. The zero-order chi connectivity index (χ0) is 12.1. The highest BCUT2D eigenvalue weighted by atomic mass is 19.1. The summed E-state index contributed by atoms with van der Waals surface area (Å²) < 4.78 is 18.1. The maximum atomic E-state index is 12.8. The summed E-state index contributed by atoms with van der Waals surface area (Å²) in [7, 11) is 0. The van der Waals surface area contributed by atoms with Crippen LogP contribution in [-0.4, -0.2) is 18.6 Å². The van der Waals surface area contributed by atoms with Crippen molar-refractivity contribution in [3.05, 3.63) is 29.6 Å². The molecular formula is C11H15FN2O2. The summed E-state index contributed by atoms with van der Waals surface area (Å²) in [6, 6.07) is 3.53. The largest absolute Gasteiger partial charge is 0.493 e. The predicted molar refractivity (Wildman–Crippen MR) is 58.4 cm³/mol. The van der Waals surface area contributed by atoms with E-state index in [9.17, 15) is 9.18 Å². The van der Waals surface area contributed by atoms with Crippen molar-refractivity contribution in [1.82, 2.24) is 0 Å². The summed E-state index contributed by atoms with van der Waals surface area (Å²) in [6.45, 7) is 2.02. The molecule has 0 aliphatic rings. The molecule has 4 N–H and O–H groups in total. The molecule has 1 aromatic rings. The van der Waals surface area contributed by atoms with Gasteiger partial charge in [0, 0.05) is 6.42 Å². The lowest BCUT2D eigenvalue weighted by atomic mass is 10.2. The maximum absolute atomic E-state index is 12.8.